The molecule has 0 atom stereocenters. The van der Waals surface area contributed by atoms with Crippen molar-refractivity contribution in [1.29, 1.82) is 0 Å². The van der Waals surface area contributed by atoms with Crippen molar-refractivity contribution in [3.05, 3.63) is 40.3 Å². The van der Waals surface area contributed by atoms with Gasteiger partial charge < -0.3 is 0 Å². The molecule has 0 fully saturated rings. The topological polar surface area (TPSA) is 63.2 Å². The third-order valence-corrected chi connectivity index (χ3v) is 6.18. The molecule has 0 aliphatic heterocycles. The highest BCUT2D eigenvalue weighted by Gasteiger charge is 2.26. The Labute approximate surface area is 120 Å². The van der Waals surface area contributed by atoms with E-state index in [4.69, 9.17) is 11.6 Å². The number of aromatic nitrogens is 2. The fourth-order valence-corrected chi connectivity index (χ4v) is 4.65. The molecule has 19 heavy (non-hydrogen) atoms. The van der Waals surface area contributed by atoms with E-state index in [9.17, 15) is 8.42 Å². The highest BCUT2D eigenvalue weighted by Crippen LogP contribution is 2.29. The normalized spacial score (nSPS) is 12.0. The minimum Gasteiger partial charge on any atom is -0.265 e. The molecule has 102 valence electrons. The number of halogens is 1. The summed E-state index contributed by atoms with van der Waals surface area (Å²) in [6.45, 7) is 1.91. The quantitative estimate of drug-likeness (QED) is 0.868. The lowest BCUT2D eigenvalue weighted by atomic mass is 10.3. The predicted molar refractivity (Wildman–Crippen MR) is 74.8 cm³/mol. The Hall–Kier alpha value is -1.02. The molecule has 0 unspecified atom stereocenters. The average Bonchev–Trinajstić information content (AvgIpc) is 2.70. The van der Waals surface area contributed by atoms with Crippen LogP contribution in [-0.2, 0) is 16.6 Å². The van der Waals surface area contributed by atoms with E-state index in [0.29, 0.717) is 5.69 Å². The average molecular weight is 318 g/mol. The second-order valence-corrected chi connectivity index (χ2v) is 7.78. The summed E-state index contributed by atoms with van der Waals surface area (Å²) in [6.07, 6.45) is 3.26. The zero-order valence-electron chi connectivity index (χ0n) is 10.4. The second-order valence-electron chi connectivity index (χ2n) is 3.96. The molecule has 0 aliphatic rings. The zero-order chi connectivity index (χ0) is 14.0. The van der Waals surface area contributed by atoms with Gasteiger partial charge in [-0.05, 0) is 24.6 Å². The first kappa shape index (κ1) is 14.4. The minimum atomic E-state index is -3.56. The van der Waals surface area contributed by atoms with Crippen LogP contribution >= 0.6 is 22.9 Å². The number of rotatable bonds is 4. The molecule has 0 amide bonds. The van der Waals surface area contributed by atoms with Crippen molar-refractivity contribution in [2.45, 2.75) is 17.7 Å². The van der Waals surface area contributed by atoms with Gasteiger partial charge >= 0.3 is 0 Å². The first-order valence-corrected chi connectivity index (χ1v) is 8.03. The van der Waals surface area contributed by atoms with E-state index >= 15 is 0 Å². The lowest BCUT2D eigenvalue weighted by molar-refractivity contribution is 0.468. The standard InChI is InChI=1S/C11H12ClN3O2S2/c1-8-10(18-11(12)14-8)19(16,17)15(2)7-9-3-5-13-6-4-9/h3-6H,7H2,1-2H3. The number of pyridine rings is 1. The monoisotopic (exact) mass is 317 g/mol. The molecule has 0 spiro atoms. The molecule has 5 nitrogen and oxygen atoms in total. The Morgan fingerprint density at radius 1 is 1.37 bits per heavy atom. The molecule has 0 bridgehead atoms. The summed E-state index contributed by atoms with van der Waals surface area (Å²) in [5.74, 6) is 0. The van der Waals surface area contributed by atoms with Crippen LogP contribution in [0.1, 0.15) is 11.3 Å². The van der Waals surface area contributed by atoms with Crippen LogP contribution in [0.3, 0.4) is 0 Å². The van der Waals surface area contributed by atoms with E-state index in [1.165, 1.54) is 11.4 Å². The fourth-order valence-electron chi connectivity index (χ4n) is 1.56. The van der Waals surface area contributed by atoms with Crippen molar-refractivity contribution < 1.29 is 8.42 Å². The summed E-state index contributed by atoms with van der Waals surface area (Å²) in [5, 5.41) is 0. The molecule has 0 saturated heterocycles. The molecule has 2 aromatic rings. The molecule has 2 heterocycles. The minimum absolute atomic E-state index is 0.189. The van der Waals surface area contributed by atoms with Gasteiger partial charge in [0.1, 0.15) is 0 Å². The molecule has 0 saturated carbocycles. The predicted octanol–water partition coefficient (Wildman–Crippen LogP) is 2.32. The van der Waals surface area contributed by atoms with Crippen molar-refractivity contribution in [1.82, 2.24) is 14.3 Å². The van der Waals surface area contributed by atoms with Crippen molar-refractivity contribution in [3.63, 3.8) is 0 Å². The molecule has 2 aromatic heterocycles. The molecular weight excluding hydrogens is 306 g/mol. The number of hydrogen-bond acceptors (Lipinski definition) is 5. The smallest absolute Gasteiger partial charge is 0.254 e. The maximum absolute atomic E-state index is 12.4. The molecule has 0 N–H and O–H groups in total. The molecule has 0 aliphatic carbocycles. The van der Waals surface area contributed by atoms with Gasteiger partial charge in [0.25, 0.3) is 10.0 Å². The van der Waals surface area contributed by atoms with Crippen LogP contribution in [0.15, 0.2) is 28.7 Å². The lowest BCUT2D eigenvalue weighted by Crippen LogP contribution is -2.26. The number of aryl methyl sites for hydroxylation is 1. The third kappa shape index (κ3) is 3.11. The number of thiazole rings is 1. The van der Waals surface area contributed by atoms with Crippen LogP contribution in [0.2, 0.25) is 4.47 Å². The fraction of sp³-hybridized carbons (Fsp3) is 0.273. The highest BCUT2D eigenvalue weighted by atomic mass is 35.5. The Morgan fingerprint density at radius 3 is 2.53 bits per heavy atom. The molecule has 8 heteroatoms. The maximum atomic E-state index is 12.4. The van der Waals surface area contributed by atoms with Crippen molar-refractivity contribution in [2.75, 3.05) is 7.05 Å². The third-order valence-electron chi connectivity index (χ3n) is 2.53. The molecular formula is C11H12ClN3O2S2. The Bertz CT molecular complexity index is 671. The van der Waals surface area contributed by atoms with Gasteiger partial charge in [-0.2, -0.15) is 4.31 Å². The summed E-state index contributed by atoms with van der Waals surface area (Å²) < 4.78 is 26.5. The number of hydrogen-bond donors (Lipinski definition) is 0. The van der Waals surface area contributed by atoms with Gasteiger partial charge in [-0.1, -0.05) is 22.9 Å². The molecule has 2 rings (SSSR count). The van der Waals surface area contributed by atoms with E-state index < -0.39 is 10.0 Å². The maximum Gasteiger partial charge on any atom is 0.254 e. The first-order chi connectivity index (χ1) is 8.91. The van der Waals surface area contributed by atoms with Gasteiger partial charge in [0.2, 0.25) is 0 Å². The van der Waals surface area contributed by atoms with Gasteiger partial charge in [-0.3, -0.25) is 4.98 Å². The lowest BCUT2D eigenvalue weighted by Gasteiger charge is -2.16. The van der Waals surface area contributed by atoms with Crippen LogP contribution in [0.25, 0.3) is 0 Å². The van der Waals surface area contributed by atoms with Crippen LogP contribution in [0, 0.1) is 6.92 Å². The van der Waals surface area contributed by atoms with Crippen molar-refractivity contribution >= 4 is 33.0 Å². The summed E-state index contributed by atoms with van der Waals surface area (Å²) in [7, 11) is -2.03. The highest BCUT2D eigenvalue weighted by molar-refractivity contribution is 7.91. The SMILES string of the molecule is Cc1nc(Cl)sc1S(=O)(=O)N(C)Cc1ccncc1. The van der Waals surface area contributed by atoms with Gasteiger partial charge in [0, 0.05) is 26.0 Å². The first-order valence-electron chi connectivity index (χ1n) is 5.39. The summed E-state index contributed by atoms with van der Waals surface area (Å²) in [5.41, 5.74) is 1.30. The van der Waals surface area contributed by atoms with E-state index in [-0.39, 0.29) is 15.2 Å². The van der Waals surface area contributed by atoms with E-state index in [0.717, 1.165) is 16.9 Å². The van der Waals surface area contributed by atoms with Crippen LogP contribution < -0.4 is 0 Å². The van der Waals surface area contributed by atoms with Gasteiger partial charge in [0.15, 0.2) is 8.68 Å². The Kier molecular flexibility index (Phi) is 4.19. The van der Waals surface area contributed by atoms with Crippen LogP contribution in [0.5, 0.6) is 0 Å². The largest absolute Gasteiger partial charge is 0.265 e. The summed E-state index contributed by atoms with van der Waals surface area (Å²) in [4.78, 5) is 7.83. The second kappa shape index (κ2) is 5.54. The van der Waals surface area contributed by atoms with Gasteiger partial charge in [-0.15, -0.1) is 0 Å². The zero-order valence-corrected chi connectivity index (χ0v) is 12.8. The van der Waals surface area contributed by atoms with Crippen LogP contribution in [-0.4, -0.2) is 29.7 Å². The van der Waals surface area contributed by atoms with E-state index in [1.807, 2.05) is 0 Å². The van der Waals surface area contributed by atoms with Gasteiger partial charge in [-0.25, -0.2) is 13.4 Å². The Balaban J connectivity index is 2.27. The molecule has 0 aromatic carbocycles. The number of nitrogens with zero attached hydrogens (tertiary/aromatic N) is 3. The Morgan fingerprint density at radius 2 is 2.00 bits per heavy atom. The van der Waals surface area contributed by atoms with Crippen molar-refractivity contribution in [3.8, 4) is 0 Å². The van der Waals surface area contributed by atoms with Crippen molar-refractivity contribution in [2.24, 2.45) is 0 Å². The van der Waals surface area contributed by atoms with E-state index in [1.54, 1.807) is 31.5 Å². The summed E-state index contributed by atoms with van der Waals surface area (Å²) in [6, 6.07) is 3.55. The van der Waals surface area contributed by atoms with Crippen LogP contribution in [0.4, 0.5) is 0 Å². The number of sulfonamides is 1. The van der Waals surface area contributed by atoms with Gasteiger partial charge in [0.05, 0.1) is 5.69 Å². The summed E-state index contributed by atoms with van der Waals surface area (Å²) >= 11 is 6.73. The van der Waals surface area contributed by atoms with E-state index in [2.05, 4.69) is 9.97 Å². The molecule has 0 radical (unpaired) electrons.